The van der Waals surface area contributed by atoms with Gasteiger partial charge in [-0.05, 0) is 44.9 Å². The minimum Gasteiger partial charge on any atom is -0.394 e. The van der Waals surface area contributed by atoms with Gasteiger partial charge >= 0.3 is 0 Å². The first-order chi connectivity index (χ1) is 45.3. The standard InChI is InChI=1S/C74H137NO18/c1-3-5-7-9-11-13-15-17-19-21-22-23-24-25-26-27-28-29-30-31-32-33-34-36-37-39-41-43-45-47-49-51-58(79)57(75-62(80)52-50-48-46-44-42-40-38-35-20-18-16-14-12-10-8-6-4-2)56-88-72-68(86)65(83)70(60(54-77)90-72)93-74-69(87)66(84)71(61(55-78)91-74)92-73-67(85)64(82)63(81)59(53-76)89-73/h6,8,12,14,18,20,57-61,63-74,76-79,81-87H,3-5,7,9-11,13,15-17,19,21-56H2,1-2H3,(H,75,80)/b8-6-,14-12-,20-18-. The number of unbranched alkanes of at least 4 members (excludes halogenated alkanes) is 37. The minimum absolute atomic E-state index is 0.250. The molecule has 3 aliphatic rings. The molecule has 0 aromatic rings. The molecule has 3 fully saturated rings. The van der Waals surface area contributed by atoms with E-state index >= 15 is 0 Å². The lowest BCUT2D eigenvalue weighted by atomic mass is 9.96. The molecule has 17 atom stereocenters. The van der Waals surface area contributed by atoms with Gasteiger partial charge in [0.25, 0.3) is 0 Å². The van der Waals surface area contributed by atoms with E-state index in [9.17, 15) is 61.0 Å². The molecule has 19 heteroatoms. The highest BCUT2D eigenvalue weighted by molar-refractivity contribution is 5.76. The van der Waals surface area contributed by atoms with Crippen LogP contribution in [0.15, 0.2) is 36.5 Å². The molecule has 0 aliphatic carbocycles. The summed E-state index contributed by atoms with van der Waals surface area (Å²) in [5.41, 5.74) is 0. The van der Waals surface area contributed by atoms with Gasteiger partial charge in [-0.15, -0.1) is 0 Å². The van der Waals surface area contributed by atoms with Crippen LogP contribution in [0.2, 0.25) is 0 Å². The Morgan fingerprint density at radius 2 is 0.742 bits per heavy atom. The molecule has 0 spiro atoms. The highest BCUT2D eigenvalue weighted by Gasteiger charge is 2.53. The van der Waals surface area contributed by atoms with Crippen LogP contribution < -0.4 is 5.32 Å². The minimum atomic E-state index is -1.97. The van der Waals surface area contributed by atoms with Crippen LogP contribution in [0.25, 0.3) is 0 Å². The van der Waals surface area contributed by atoms with Crippen LogP contribution in [0.1, 0.15) is 296 Å². The number of amides is 1. The third-order valence-electron chi connectivity index (χ3n) is 19.0. The predicted molar refractivity (Wildman–Crippen MR) is 365 cm³/mol. The van der Waals surface area contributed by atoms with Gasteiger partial charge in [0.05, 0.1) is 38.6 Å². The van der Waals surface area contributed by atoms with Crippen molar-refractivity contribution in [3.05, 3.63) is 36.5 Å². The third kappa shape index (κ3) is 37.1. The fraction of sp³-hybridized carbons (Fsp3) is 0.905. The van der Waals surface area contributed by atoms with Gasteiger partial charge in [0.2, 0.25) is 5.91 Å². The normalized spacial score (nSPS) is 27.7. The fourth-order valence-corrected chi connectivity index (χ4v) is 12.9. The first-order valence-corrected chi connectivity index (χ1v) is 37.7. The molecule has 17 unspecified atom stereocenters. The van der Waals surface area contributed by atoms with Gasteiger partial charge in [-0.2, -0.15) is 0 Å². The molecule has 12 N–H and O–H groups in total. The lowest BCUT2D eigenvalue weighted by Crippen LogP contribution is -2.66. The molecule has 0 radical (unpaired) electrons. The van der Waals surface area contributed by atoms with E-state index in [-0.39, 0.29) is 18.9 Å². The summed E-state index contributed by atoms with van der Waals surface area (Å²) in [5, 5.41) is 121. The van der Waals surface area contributed by atoms with Crippen LogP contribution in [0, 0.1) is 0 Å². The van der Waals surface area contributed by atoms with Crippen LogP contribution in [-0.4, -0.2) is 193 Å². The zero-order valence-corrected chi connectivity index (χ0v) is 58.0. The summed E-state index contributed by atoms with van der Waals surface area (Å²) in [7, 11) is 0. The van der Waals surface area contributed by atoms with E-state index in [1.807, 2.05) is 0 Å². The number of carbonyl (C=O) groups excluding carboxylic acids is 1. The quantitative estimate of drug-likeness (QED) is 0.0199. The number of carbonyl (C=O) groups is 1. The van der Waals surface area contributed by atoms with E-state index in [1.54, 1.807) is 0 Å². The number of aliphatic hydroxyl groups is 11. The molecule has 3 saturated heterocycles. The third-order valence-corrected chi connectivity index (χ3v) is 19.0. The molecule has 546 valence electrons. The Labute approximate surface area is 561 Å². The number of hydrogen-bond donors (Lipinski definition) is 12. The van der Waals surface area contributed by atoms with Crippen molar-refractivity contribution in [1.82, 2.24) is 5.32 Å². The number of allylic oxidation sites excluding steroid dienone is 6. The molecular formula is C74H137NO18. The van der Waals surface area contributed by atoms with Gasteiger partial charge in [-0.3, -0.25) is 4.79 Å². The lowest BCUT2D eigenvalue weighted by molar-refractivity contribution is -0.379. The van der Waals surface area contributed by atoms with Gasteiger partial charge < -0.3 is 89.9 Å². The number of ether oxygens (including phenoxy) is 6. The Morgan fingerprint density at radius 3 is 1.16 bits per heavy atom. The van der Waals surface area contributed by atoms with E-state index in [0.29, 0.717) is 12.8 Å². The summed E-state index contributed by atoms with van der Waals surface area (Å²) in [4.78, 5) is 13.4. The maximum absolute atomic E-state index is 13.4. The molecule has 0 aromatic heterocycles. The second-order valence-corrected chi connectivity index (χ2v) is 27.1. The average Bonchev–Trinajstić information content (AvgIpc) is 0.815. The summed E-state index contributed by atoms with van der Waals surface area (Å²) in [5.74, 6) is -0.250. The molecular weight excluding hydrogens is 1190 g/mol. The maximum Gasteiger partial charge on any atom is 0.220 e. The molecule has 3 heterocycles. The highest BCUT2D eigenvalue weighted by Crippen LogP contribution is 2.33. The van der Waals surface area contributed by atoms with Crippen molar-refractivity contribution in [3.63, 3.8) is 0 Å². The van der Waals surface area contributed by atoms with Crippen molar-refractivity contribution in [2.24, 2.45) is 0 Å². The zero-order chi connectivity index (χ0) is 67.5. The molecule has 3 aliphatic heterocycles. The molecule has 0 saturated carbocycles. The second kappa shape index (κ2) is 55.8. The Morgan fingerprint density at radius 1 is 0.398 bits per heavy atom. The fourth-order valence-electron chi connectivity index (χ4n) is 12.9. The highest BCUT2D eigenvalue weighted by atomic mass is 16.8. The molecule has 93 heavy (non-hydrogen) atoms. The maximum atomic E-state index is 13.4. The van der Waals surface area contributed by atoms with Crippen LogP contribution in [0.5, 0.6) is 0 Å². The molecule has 3 rings (SSSR count). The van der Waals surface area contributed by atoms with Gasteiger partial charge in [-0.25, -0.2) is 0 Å². The summed E-state index contributed by atoms with van der Waals surface area (Å²) in [6.45, 7) is 1.71. The number of nitrogens with one attached hydrogen (secondary N) is 1. The molecule has 0 aromatic carbocycles. The molecule has 19 nitrogen and oxygen atoms in total. The Bertz CT molecular complexity index is 1830. The summed E-state index contributed by atoms with van der Waals surface area (Å²) in [6.07, 6.45) is 39.5. The summed E-state index contributed by atoms with van der Waals surface area (Å²) >= 11 is 0. The van der Waals surface area contributed by atoms with Crippen molar-refractivity contribution in [2.45, 2.75) is 401 Å². The number of rotatable bonds is 59. The first-order valence-electron chi connectivity index (χ1n) is 37.7. The predicted octanol–water partition coefficient (Wildman–Crippen LogP) is 11.2. The summed E-state index contributed by atoms with van der Waals surface area (Å²) in [6, 6.07) is -0.894. The van der Waals surface area contributed by atoms with E-state index in [1.165, 1.54) is 173 Å². The van der Waals surface area contributed by atoms with Gasteiger partial charge in [0, 0.05) is 6.42 Å². The molecule has 0 bridgehead atoms. The van der Waals surface area contributed by atoms with Crippen LogP contribution in [0.4, 0.5) is 0 Å². The van der Waals surface area contributed by atoms with E-state index in [4.69, 9.17) is 28.4 Å². The lowest BCUT2D eigenvalue weighted by Gasteiger charge is -2.48. The zero-order valence-electron chi connectivity index (χ0n) is 58.0. The SMILES string of the molecule is CC/C=C\C/C=C\C/C=C\CCCCCCCCCC(=O)NC(COC1OC(CO)C(OC2OC(CO)C(OC3OC(CO)C(O)C(O)C3O)C(O)C2O)C(O)C1O)C(O)CCCCCCCCCCCCCCCCCCCCCCCCCCCCCCCCC. The smallest absolute Gasteiger partial charge is 0.220 e. The van der Waals surface area contributed by atoms with E-state index in [2.05, 4.69) is 55.6 Å². The van der Waals surface area contributed by atoms with Crippen molar-refractivity contribution < 1.29 is 89.4 Å². The van der Waals surface area contributed by atoms with Crippen LogP contribution in [-0.2, 0) is 33.2 Å². The van der Waals surface area contributed by atoms with Crippen molar-refractivity contribution in [1.29, 1.82) is 0 Å². The first kappa shape index (κ1) is 85.2. The number of hydrogen-bond acceptors (Lipinski definition) is 18. The topological polar surface area (TPSA) is 307 Å². The molecule has 1 amide bonds. The van der Waals surface area contributed by atoms with Crippen LogP contribution >= 0.6 is 0 Å². The van der Waals surface area contributed by atoms with E-state index < -0.39 is 124 Å². The van der Waals surface area contributed by atoms with Crippen molar-refractivity contribution in [3.8, 4) is 0 Å². The Balaban J connectivity index is 1.37. The van der Waals surface area contributed by atoms with Crippen molar-refractivity contribution in [2.75, 3.05) is 26.4 Å². The van der Waals surface area contributed by atoms with E-state index in [0.717, 1.165) is 89.9 Å². The number of aliphatic hydroxyl groups excluding tert-OH is 11. The monoisotopic (exact) mass is 1330 g/mol. The second-order valence-electron chi connectivity index (χ2n) is 27.1. The Kier molecular flexibility index (Phi) is 51.2. The van der Waals surface area contributed by atoms with Crippen molar-refractivity contribution >= 4 is 5.91 Å². The van der Waals surface area contributed by atoms with Crippen LogP contribution in [0.3, 0.4) is 0 Å². The summed E-state index contributed by atoms with van der Waals surface area (Å²) < 4.78 is 34.5. The largest absolute Gasteiger partial charge is 0.394 e. The van der Waals surface area contributed by atoms with Gasteiger partial charge in [0.1, 0.15) is 73.2 Å². The van der Waals surface area contributed by atoms with Gasteiger partial charge in [-0.1, -0.05) is 281 Å². The Hall–Kier alpha value is -1.99. The van der Waals surface area contributed by atoms with Gasteiger partial charge in [0.15, 0.2) is 18.9 Å². The average molecular weight is 1330 g/mol.